The molecule has 10 heteroatoms. The quantitative estimate of drug-likeness (QED) is 0.793. The summed E-state index contributed by atoms with van der Waals surface area (Å²) in [5.74, 6) is -0.694. The Balaban J connectivity index is 1.69. The minimum absolute atomic E-state index is 0.0227. The van der Waals surface area contributed by atoms with Gasteiger partial charge < -0.3 is 10.2 Å². The molecule has 3 unspecified atom stereocenters. The van der Waals surface area contributed by atoms with E-state index in [-0.39, 0.29) is 29.6 Å². The van der Waals surface area contributed by atoms with Gasteiger partial charge in [0.2, 0.25) is 15.7 Å². The zero-order chi connectivity index (χ0) is 21.6. The Morgan fingerprint density at radius 1 is 1.17 bits per heavy atom. The van der Waals surface area contributed by atoms with Crippen LogP contribution in [0.4, 0.5) is 18.9 Å². The molecule has 1 N–H and O–H groups in total. The van der Waals surface area contributed by atoms with E-state index < -0.39 is 32.2 Å². The molecule has 2 aromatic rings. The maximum absolute atomic E-state index is 13.5. The van der Waals surface area contributed by atoms with E-state index in [0.29, 0.717) is 6.54 Å². The number of carbonyl (C=O) groups excluding carboxylic acids is 1. The second-order valence-corrected chi connectivity index (χ2v) is 10.00. The van der Waals surface area contributed by atoms with Gasteiger partial charge in [0, 0.05) is 25.0 Å². The van der Waals surface area contributed by atoms with Crippen molar-refractivity contribution in [1.29, 1.82) is 0 Å². The molecule has 4 rings (SSSR count). The number of hydrogen-bond donors (Lipinski definition) is 1. The lowest BCUT2D eigenvalue weighted by atomic mass is 9.89. The van der Waals surface area contributed by atoms with Crippen molar-refractivity contribution in [3.05, 3.63) is 54.2 Å². The summed E-state index contributed by atoms with van der Waals surface area (Å²) < 4.78 is 63.7. The Morgan fingerprint density at radius 3 is 2.50 bits per heavy atom. The predicted octanol–water partition coefficient (Wildman–Crippen LogP) is 2.98. The summed E-state index contributed by atoms with van der Waals surface area (Å²) in [5.41, 5.74) is -0.741. The predicted molar refractivity (Wildman–Crippen MR) is 103 cm³/mol. The highest BCUT2D eigenvalue weighted by molar-refractivity contribution is 7.93. The second kappa shape index (κ2) is 7.35. The number of anilines is 1. The summed E-state index contributed by atoms with van der Waals surface area (Å²) >= 11 is 0. The lowest BCUT2D eigenvalue weighted by Crippen LogP contribution is -2.59. The number of rotatable bonds is 4. The fourth-order valence-electron chi connectivity index (χ4n) is 4.29. The molecular weight excluding hydrogens is 419 g/mol. The molecular formula is C20H20F3N3O3S. The van der Waals surface area contributed by atoms with Gasteiger partial charge in [-0.15, -0.1) is 0 Å². The van der Waals surface area contributed by atoms with Crippen LogP contribution in [0.15, 0.2) is 53.7 Å². The molecule has 6 nitrogen and oxygen atoms in total. The Bertz CT molecular complexity index is 1030. The largest absolute Gasteiger partial charge is 0.416 e. The number of amides is 1. The summed E-state index contributed by atoms with van der Waals surface area (Å²) in [7, 11) is -4.15. The molecule has 2 aliphatic heterocycles. The third-order valence-corrected chi connectivity index (χ3v) is 8.08. The van der Waals surface area contributed by atoms with Crippen molar-refractivity contribution in [2.24, 2.45) is 5.92 Å². The van der Waals surface area contributed by atoms with Crippen LogP contribution >= 0.6 is 0 Å². The number of alkyl halides is 3. The molecule has 2 aliphatic rings. The maximum atomic E-state index is 13.5. The first kappa shape index (κ1) is 20.8. The number of pyridine rings is 1. The summed E-state index contributed by atoms with van der Waals surface area (Å²) in [6, 6.07) is 8.43. The number of piperidine rings is 1. The number of aromatic nitrogens is 1. The number of hydrogen-bond acceptors (Lipinski definition) is 5. The van der Waals surface area contributed by atoms with Gasteiger partial charge in [-0.3, -0.25) is 4.79 Å². The van der Waals surface area contributed by atoms with Gasteiger partial charge in [-0.2, -0.15) is 13.2 Å². The number of carbonyl (C=O) groups is 1. The van der Waals surface area contributed by atoms with E-state index in [2.05, 4.69) is 10.3 Å². The Morgan fingerprint density at radius 2 is 1.90 bits per heavy atom. The summed E-state index contributed by atoms with van der Waals surface area (Å²) in [4.78, 5) is 19.2. The molecule has 1 aromatic heterocycles. The molecule has 3 heterocycles. The minimum atomic E-state index is -4.50. The average molecular weight is 439 g/mol. The van der Waals surface area contributed by atoms with Crippen molar-refractivity contribution in [2.45, 2.75) is 28.8 Å². The van der Waals surface area contributed by atoms with Crippen molar-refractivity contribution in [1.82, 2.24) is 9.88 Å². The highest BCUT2D eigenvalue weighted by Gasteiger charge is 2.57. The second-order valence-electron chi connectivity index (χ2n) is 7.79. The SMILES string of the molecule is O=C(Nc1ccc(C(F)(F)F)cc1)C1(S(=O)(=O)c2ccccn2)CC2CCN(C2)C1. The topological polar surface area (TPSA) is 79.4 Å². The third kappa shape index (κ3) is 3.58. The Kier molecular flexibility index (Phi) is 5.09. The zero-order valence-corrected chi connectivity index (χ0v) is 16.7. The summed E-state index contributed by atoms with van der Waals surface area (Å²) in [6.07, 6.45) is -2.20. The number of nitrogens with zero attached hydrogens (tertiary/aromatic N) is 2. The fraction of sp³-hybridized carbons (Fsp3) is 0.400. The van der Waals surface area contributed by atoms with Crippen molar-refractivity contribution in [3.63, 3.8) is 0 Å². The van der Waals surface area contributed by atoms with Crippen LogP contribution in [-0.2, 0) is 20.8 Å². The highest BCUT2D eigenvalue weighted by atomic mass is 32.2. The van der Waals surface area contributed by atoms with E-state index >= 15 is 0 Å². The van der Waals surface area contributed by atoms with Crippen LogP contribution in [0.3, 0.4) is 0 Å². The molecule has 160 valence electrons. The standard InChI is InChI=1S/C20H20F3N3O3S/c21-20(22,23)15-4-6-16(7-5-15)25-18(27)19(11-14-8-10-26(12-14)13-19)30(28,29)17-3-1-2-9-24-17/h1-7,9,14H,8,10-13H2,(H,25,27). The van der Waals surface area contributed by atoms with E-state index in [9.17, 15) is 26.4 Å². The van der Waals surface area contributed by atoms with Gasteiger partial charge in [0.05, 0.1) is 5.56 Å². The monoisotopic (exact) mass is 439 g/mol. The maximum Gasteiger partial charge on any atom is 0.416 e. The normalized spacial score (nSPS) is 26.4. The first-order valence-corrected chi connectivity index (χ1v) is 11.0. The van der Waals surface area contributed by atoms with Gasteiger partial charge in [0.1, 0.15) is 0 Å². The molecule has 30 heavy (non-hydrogen) atoms. The molecule has 3 atom stereocenters. The number of nitrogens with one attached hydrogen (secondary N) is 1. The molecule has 0 aliphatic carbocycles. The van der Waals surface area contributed by atoms with Crippen molar-refractivity contribution in [3.8, 4) is 0 Å². The van der Waals surface area contributed by atoms with Crippen LogP contribution in [0.2, 0.25) is 0 Å². The molecule has 2 bridgehead atoms. The van der Waals surface area contributed by atoms with Crippen molar-refractivity contribution in [2.75, 3.05) is 25.0 Å². The number of benzene rings is 1. The Labute approximate surface area is 172 Å². The number of fused-ring (bicyclic) bond motifs is 2. The van der Waals surface area contributed by atoms with Gasteiger partial charge >= 0.3 is 6.18 Å². The van der Waals surface area contributed by atoms with Crippen LogP contribution in [0.5, 0.6) is 0 Å². The lowest BCUT2D eigenvalue weighted by molar-refractivity contribution is -0.137. The van der Waals surface area contributed by atoms with Gasteiger partial charge in [-0.25, -0.2) is 13.4 Å². The first-order valence-electron chi connectivity index (χ1n) is 9.49. The third-order valence-electron chi connectivity index (χ3n) is 5.78. The van der Waals surface area contributed by atoms with Crippen LogP contribution in [0.1, 0.15) is 18.4 Å². The van der Waals surface area contributed by atoms with Crippen LogP contribution in [0, 0.1) is 5.92 Å². The number of sulfone groups is 1. The van der Waals surface area contributed by atoms with Crippen LogP contribution in [-0.4, -0.2) is 48.6 Å². The molecule has 1 amide bonds. The van der Waals surface area contributed by atoms with E-state index in [0.717, 1.165) is 37.2 Å². The van der Waals surface area contributed by atoms with E-state index in [4.69, 9.17) is 0 Å². The van der Waals surface area contributed by atoms with Gasteiger partial charge in [0.25, 0.3) is 0 Å². The molecule has 1 aromatic carbocycles. The summed E-state index contributed by atoms with van der Waals surface area (Å²) in [5, 5.41) is 2.35. The average Bonchev–Trinajstić information content (AvgIpc) is 3.06. The molecule has 0 spiro atoms. The van der Waals surface area contributed by atoms with Gasteiger partial charge in [0.15, 0.2) is 9.77 Å². The highest BCUT2D eigenvalue weighted by Crippen LogP contribution is 2.41. The van der Waals surface area contributed by atoms with Crippen molar-refractivity contribution >= 4 is 21.4 Å². The zero-order valence-electron chi connectivity index (χ0n) is 15.9. The van der Waals surface area contributed by atoms with Gasteiger partial charge in [-0.05, 0) is 61.7 Å². The molecule has 0 radical (unpaired) electrons. The van der Waals surface area contributed by atoms with Gasteiger partial charge in [-0.1, -0.05) is 6.07 Å². The lowest BCUT2D eigenvalue weighted by Gasteiger charge is -2.39. The fourth-order valence-corrected chi connectivity index (χ4v) is 6.25. The minimum Gasteiger partial charge on any atom is -0.325 e. The number of halogens is 3. The van der Waals surface area contributed by atoms with Crippen molar-refractivity contribution < 1.29 is 26.4 Å². The Hall–Kier alpha value is -2.46. The smallest absolute Gasteiger partial charge is 0.325 e. The molecule has 2 fully saturated rings. The molecule has 2 saturated heterocycles. The summed E-state index contributed by atoms with van der Waals surface area (Å²) in [6.45, 7) is 1.46. The first-order chi connectivity index (χ1) is 14.1. The van der Waals surface area contributed by atoms with E-state index in [1.165, 1.54) is 12.3 Å². The van der Waals surface area contributed by atoms with E-state index in [1.54, 1.807) is 12.1 Å². The van der Waals surface area contributed by atoms with Crippen LogP contribution < -0.4 is 5.32 Å². The van der Waals surface area contributed by atoms with E-state index in [1.807, 2.05) is 4.90 Å². The molecule has 0 saturated carbocycles. The van der Waals surface area contributed by atoms with Crippen LogP contribution in [0.25, 0.3) is 0 Å².